The van der Waals surface area contributed by atoms with Crippen molar-refractivity contribution in [3.63, 3.8) is 0 Å². The van der Waals surface area contributed by atoms with Crippen LogP contribution in [-0.4, -0.2) is 9.97 Å². The third kappa shape index (κ3) is 3.84. The number of nitrogens with one attached hydrogen (secondary N) is 1. The smallest absolute Gasteiger partial charge is 0.384 e. The summed E-state index contributed by atoms with van der Waals surface area (Å²) in [6.07, 6.45) is -4.38. The number of nitrogens with zero attached hydrogens (tertiary/aromatic N) is 2. The summed E-state index contributed by atoms with van der Waals surface area (Å²) in [7, 11) is 0. The molecule has 21 heavy (non-hydrogen) atoms. The first-order valence-corrected chi connectivity index (χ1v) is 6.34. The summed E-state index contributed by atoms with van der Waals surface area (Å²) in [5.74, 6) is 1.23. The Bertz CT molecular complexity index is 638. The zero-order chi connectivity index (χ0) is 15.6. The summed E-state index contributed by atoms with van der Waals surface area (Å²) in [6.45, 7) is 3.81. The normalized spacial score (nSPS) is 11.7. The molecule has 0 saturated heterocycles. The number of halogens is 3. The lowest BCUT2D eigenvalue weighted by Gasteiger charge is -2.12. The van der Waals surface area contributed by atoms with Gasteiger partial charge in [-0.3, -0.25) is 0 Å². The Morgan fingerprint density at radius 2 is 1.86 bits per heavy atom. The first-order chi connectivity index (χ1) is 9.75. The number of rotatable bonds is 3. The molecule has 2 rings (SSSR count). The van der Waals surface area contributed by atoms with Gasteiger partial charge >= 0.3 is 6.18 Å². The maximum absolute atomic E-state index is 12.7. The fraction of sp³-hybridized carbons (Fsp3) is 0.286. The Hall–Kier alpha value is -2.31. The van der Waals surface area contributed by atoms with Crippen molar-refractivity contribution < 1.29 is 13.2 Å². The van der Waals surface area contributed by atoms with Gasteiger partial charge in [-0.05, 0) is 18.2 Å². The molecule has 0 aliphatic carbocycles. The van der Waals surface area contributed by atoms with E-state index in [1.165, 1.54) is 18.2 Å². The van der Waals surface area contributed by atoms with Crippen LogP contribution in [0.25, 0.3) is 0 Å². The zero-order valence-electron chi connectivity index (χ0n) is 11.6. The van der Waals surface area contributed by atoms with Gasteiger partial charge in [0.05, 0.1) is 5.56 Å². The van der Waals surface area contributed by atoms with E-state index >= 15 is 0 Å². The Morgan fingerprint density at radius 1 is 1.14 bits per heavy atom. The first kappa shape index (κ1) is 15.1. The maximum Gasteiger partial charge on any atom is 0.416 e. The van der Waals surface area contributed by atoms with E-state index in [0.29, 0.717) is 11.6 Å². The lowest BCUT2D eigenvalue weighted by molar-refractivity contribution is -0.137. The Labute approximate surface area is 120 Å². The standard InChI is InChI=1S/C14H15F3N4/c1-8(2)13-20-11(18)7-12(21-13)19-10-5-3-4-9(6-10)14(15,16)17/h3-8H,1-2H3,(H3,18,19,20,21). The first-order valence-electron chi connectivity index (χ1n) is 6.34. The average Bonchev–Trinajstić information content (AvgIpc) is 2.37. The highest BCUT2D eigenvalue weighted by Gasteiger charge is 2.30. The molecule has 1 aromatic carbocycles. The van der Waals surface area contributed by atoms with Gasteiger partial charge in [0.1, 0.15) is 17.5 Å². The van der Waals surface area contributed by atoms with Crippen LogP contribution >= 0.6 is 0 Å². The van der Waals surface area contributed by atoms with E-state index in [9.17, 15) is 13.2 Å². The number of nitrogen functional groups attached to an aromatic ring is 1. The number of anilines is 3. The summed E-state index contributed by atoms with van der Waals surface area (Å²) < 4.78 is 38.0. The van der Waals surface area contributed by atoms with Crippen molar-refractivity contribution in [1.82, 2.24) is 9.97 Å². The number of alkyl halides is 3. The summed E-state index contributed by atoms with van der Waals surface area (Å²) in [4.78, 5) is 8.32. The molecule has 0 bridgehead atoms. The van der Waals surface area contributed by atoms with Crippen molar-refractivity contribution in [2.45, 2.75) is 25.9 Å². The molecule has 1 heterocycles. The van der Waals surface area contributed by atoms with Crippen LogP contribution in [0.15, 0.2) is 30.3 Å². The number of benzene rings is 1. The van der Waals surface area contributed by atoms with E-state index < -0.39 is 11.7 Å². The minimum absolute atomic E-state index is 0.0653. The van der Waals surface area contributed by atoms with E-state index in [1.807, 2.05) is 13.8 Å². The lowest BCUT2D eigenvalue weighted by atomic mass is 10.2. The molecule has 0 aliphatic rings. The highest BCUT2D eigenvalue weighted by atomic mass is 19.4. The van der Waals surface area contributed by atoms with Crippen molar-refractivity contribution in [1.29, 1.82) is 0 Å². The average molecular weight is 296 g/mol. The van der Waals surface area contributed by atoms with Crippen LogP contribution in [0.2, 0.25) is 0 Å². The minimum Gasteiger partial charge on any atom is -0.384 e. The highest BCUT2D eigenvalue weighted by Crippen LogP contribution is 2.31. The summed E-state index contributed by atoms with van der Waals surface area (Å²) in [5.41, 5.74) is 5.24. The summed E-state index contributed by atoms with van der Waals surface area (Å²) in [5, 5.41) is 2.82. The van der Waals surface area contributed by atoms with Gasteiger partial charge in [-0.1, -0.05) is 19.9 Å². The molecule has 112 valence electrons. The predicted octanol–water partition coefficient (Wildman–Crippen LogP) is 3.94. The molecule has 7 heteroatoms. The predicted molar refractivity (Wildman–Crippen MR) is 75.3 cm³/mol. The monoisotopic (exact) mass is 296 g/mol. The molecule has 0 fully saturated rings. The van der Waals surface area contributed by atoms with Crippen LogP contribution in [-0.2, 0) is 6.18 Å². The fourth-order valence-corrected chi connectivity index (χ4v) is 1.73. The van der Waals surface area contributed by atoms with Gasteiger partial charge in [-0.25, -0.2) is 9.97 Å². The molecule has 0 unspecified atom stereocenters. The Morgan fingerprint density at radius 3 is 2.48 bits per heavy atom. The van der Waals surface area contributed by atoms with Crippen molar-refractivity contribution >= 4 is 17.3 Å². The highest BCUT2D eigenvalue weighted by molar-refractivity contribution is 5.59. The third-order valence-electron chi connectivity index (χ3n) is 2.74. The molecule has 4 nitrogen and oxygen atoms in total. The second kappa shape index (κ2) is 5.59. The number of hydrogen-bond acceptors (Lipinski definition) is 4. The van der Waals surface area contributed by atoms with E-state index in [1.54, 1.807) is 0 Å². The number of aromatic nitrogens is 2. The molecule has 0 amide bonds. The van der Waals surface area contributed by atoms with Crippen LogP contribution < -0.4 is 11.1 Å². The molecule has 0 atom stereocenters. The van der Waals surface area contributed by atoms with E-state index in [2.05, 4.69) is 15.3 Å². The van der Waals surface area contributed by atoms with Crippen molar-refractivity contribution in [2.75, 3.05) is 11.1 Å². The second-order valence-electron chi connectivity index (χ2n) is 4.89. The van der Waals surface area contributed by atoms with E-state index in [4.69, 9.17) is 5.73 Å². The fourth-order valence-electron chi connectivity index (χ4n) is 1.73. The molecule has 0 aliphatic heterocycles. The van der Waals surface area contributed by atoms with Crippen LogP contribution in [0.4, 0.5) is 30.5 Å². The molecule has 2 aromatic rings. The van der Waals surface area contributed by atoms with Gasteiger partial charge in [-0.15, -0.1) is 0 Å². The van der Waals surface area contributed by atoms with E-state index in [-0.39, 0.29) is 17.4 Å². The van der Waals surface area contributed by atoms with Crippen LogP contribution in [0, 0.1) is 0 Å². The minimum atomic E-state index is -4.38. The molecule has 0 radical (unpaired) electrons. The molecule has 0 saturated carbocycles. The van der Waals surface area contributed by atoms with Gasteiger partial charge in [-0.2, -0.15) is 13.2 Å². The van der Waals surface area contributed by atoms with Gasteiger partial charge in [0, 0.05) is 17.7 Å². The van der Waals surface area contributed by atoms with Crippen molar-refractivity contribution in [2.24, 2.45) is 0 Å². The SMILES string of the molecule is CC(C)c1nc(N)cc(Nc2cccc(C(F)(F)F)c2)n1. The quantitative estimate of drug-likeness (QED) is 0.900. The van der Waals surface area contributed by atoms with Crippen LogP contribution in [0.5, 0.6) is 0 Å². The maximum atomic E-state index is 12.7. The van der Waals surface area contributed by atoms with Gasteiger partial charge in [0.2, 0.25) is 0 Å². The van der Waals surface area contributed by atoms with Crippen molar-refractivity contribution in [3.8, 4) is 0 Å². The van der Waals surface area contributed by atoms with Crippen molar-refractivity contribution in [3.05, 3.63) is 41.7 Å². The lowest BCUT2D eigenvalue weighted by Crippen LogP contribution is -2.07. The third-order valence-corrected chi connectivity index (χ3v) is 2.74. The zero-order valence-corrected chi connectivity index (χ0v) is 11.6. The second-order valence-corrected chi connectivity index (χ2v) is 4.89. The number of nitrogens with two attached hydrogens (primary N) is 1. The molecule has 1 aromatic heterocycles. The van der Waals surface area contributed by atoms with Gasteiger partial charge in [0.25, 0.3) is 0 Å². The summed E-state index contributed by atoms with van der Waals surface area (Å²) in [6, 6.07) is 6.38. The molecule has 3 N–H and O–H groups in total. The Kier molecular flexibility index (Phi) is 4.02. The van der Waals surface area contributed by atoms with Crippen LogP contribution in [0.1, 0.15) is 31.2 Å². The van der Waals surface area contributed by atoms with Crippen LogP contribution in [0.3, 0.4) is 0 Å². The Balaban J connectivity index is 2.30. The largest absolute Gasteiger partial charge is 0.416 e. The topological polar surface area (TPSA) is 63.8 Å². The van der Waals surface area contributed by atoms with Gasteiger partial charge < -0.3 is 11.1 Å². The molecular weight excluding hydrogens is 281 g/mol. The van der Waals surface area contributed by atoms with Gasteiger partial charge in [0.15, 0.2) is 0 Å². The van der Waals surface area contributed by atoms with E-state index in [0.717, 1.165) is 12.1 Å². The number of hydrogen-bond donors (Lipinski definition) is 2. The molecule has 0 spiro atoms. The molecular formula is C14H15F3N4. The summed E-state index contributed by atoms with van der Waals surface area (Å²) >= 11 is 0.